The number of amides is 1. The summed E-state index contributed by atoms with van der Waals surface area (Å²) >= 11 is 0. The molecule has 5 nitrogen and oxygen atoms in total. The van der Waals surface area contributed by atoms with Crippen LogP contribution in [0.15, 0.2) is 12.4 Å². The highest BCUT2D eigenvalue weighted by molar-refractivity contribution is 5.92. The number of carbonyl (C=O) groups excluding carboxylic acids is 1. The van der Waals surface area contributed by atoms with Gasteiger partial charge >= 0.3 is 0 Å². The van der Waals surface area contributed by atoms with Crippen molar-refractivity contribution in [2.24, 2.45) is 0 Å². The molecule has 1 aromatic heterocycles. The lowest BCUT2D eigenvalue weighted by Gasteiger charge is -2.23. The predicted molar refractivity (Wildman–Crippen MR) is 70.5 cm³/mol. The predicted octanol–water partition coefficient (Wildman–Crippen LogP) is 1.92. The van der Waals surface area contributed by atoms with Crippen molar-refractivity contribution in [1.29, 1.82) is 0 Å². The van der Waals surface area contributed by atoms with Gasteiger partial charge in [-0.2, -0.15) is 0 Å². The van der Waals surface area contributed by atoms with Crippen LogP contribution in [0.25, 0.3) is 0 Å². The van der Waals surface area contributed by atoms with E-state index in [0.717, 1.165) is 32.4 Å². The molecule has 0 bridgehead atoms. The molecular formula is C13H20N4O. The quantitative estimate of drug-likeness (QED) is 0.884. The maximum absolute atomic E-state index is 12.3. The second-order valence-corrected chi connectivity index (χ2v) is 4.52. The minimum Gasteiger partial charge on any atom is -0.369 e. The molecule has 1 amide bonds. The summed E-state index contributed by atoms with van der Waals surface area (Å²) in [6.07, 6.45) is 6.38. The van der Waals surface area contributed by atoms with Crippen LogP contribution in [0.2, 0.25) is 0 Å². The molecule has 1 aromatic rings. The molecule has 1 N–H and O–H groups in total. The van der Waals surface area contributed by atoms with Crippen LogP contribution in [0.4, 0.5) is 5.82 Å². The molecule has 1 unspecified atom stereocenters. The van der Waals surface area contributed by atoms with E-state index in [1.807, 2.05) is 11.8 Å². The number of aromatic nitrogens is 2. The van der Waals surface area contributed by atoms with Crippen molar-refractivity contribution >= 4 is 11.7 Å². The molecule has 0 aromatic carbocycles. The SMILES string of the molecule is CCNc1cnc(C(=O)N2CCCC2CC)cn1. The highest BCUT2D eigenvalue weighted by Crippen LogP contribution is 2.21. The number of nitrogens with zero attached hydrogens (tertiary/aromatic N) is 3. The lowest BCUT2D eigenvalue weighted by atomic mass is 10.1. The van der Waals surface area contributed by atoms with Gasteiger partial charge in [0, 0.05) is 19.1 Å². The van der Waals surface area contributed by atoms with E-state index in [1.165, 1.54) is 0 Å². The van der Waals surface area contributed by atoms with Crippen molar-refractivity contribution in [3.63, 3.8) is 0 Å². The largest absolute Gasteiger partial charge is 0.369 e. The van der Waals surface area contributed by atoms with Gasteiger partial charge in [-0.15, -0.1) is 0 Å². The van der Waals surface area contributed by atoms with Gasteiger partial charge in [0.15, 0.2) is 0 Å². The summed E-state index contributed by atoms with van der Waals surface area (Å²) in [5.74, 6) is 0.720. The zero-order valence-electron chi connectivity index (χ0n) is 11.0. The normalized spacial score (nSPS) is 19.0. The van der Waals surface area contributed by atoms with Crippen LogP contribution in [-0.2, 0) is 0 Å². The summed E-state index contributed by atoms with van der Waals surface area (Å²) < 4.78 is 0. The fourth-order valence-electron chi connectivity index (χ4n) is 2.39. The molecule has 1 atom stereocenters. The monoisotopic (exact) mass is 248 g/mol. The zero-order valence-corrected chi connectivity index (χ0v) is 11.0. The van der Waals surface area contributed by atoms with Gasteiger partial charge in [0.1, 0.15) is 11.5 Å². The standard InChI is InChI=1S/C13H20N4O/c1-3-10-6-5-7-17(10)13(18)11-8-16-12(9-15-11)14-4-2/h8-10H,3-7H2,1-2H3,(H,14,16). The van der Waals surface area contributed by atoms with Crippen LogP contribution in [-0.4, -0.2) is 39.9 Å². The second-order valence-electron chi connectivity index (χ2n) is 4.52. The summed E-state index contributed by atoms with van der Waals surface area (Å²) in [7, 11) is 0. The molecule has 1 saturated heterocycles. The molecule has 2 rings (SSSR count). The number of likely N-dealkylation sites (tertiary alicyclic amines) is 1. The molecule has 98 valence electrons. The summed E-state index contributed by atoms with van der Waals surface area (Å²) in [5.41, 5.74) is 0.442. The van der Waals surface area contributed by atoms with E-state index in [0.29, 0.717) is 17.6 Å². The van der Waals surface area contributed by atoms with Crippen LogP contribution < -0.4 is 5.32 Å². The Labute approximate surface area is 108 Å². The number of hydrogen-bond acceptors (Lipinski definition) is 4. The third-order valence-electron chi connectivity index (χ3n) is 3.34. The average Bonchev–Trinajstić information content (AvgIpc) is 2.87. The molecule has 2 heterocycles. The highest BCUT2D eigenvalue weighted by Gasteiger charge is 2.28. The lowest BCUT2D eigenvalue weighted by molar-refractivity contribution is 0.0727. The number of nitrogens with one attached hydrogen (secondary N) is 1. The maximum Gasteiger partial charge on any atom is 0.274 e. The first-order valence-electron chi connectivity index (χ1n) is 6.63. The topological polar surface area (TPSA) is 58.1 Å². The van der Waals surface area contributed by atoms with Gasteiger partial charge in [0.2, 0.25) is 0 Å². The Hall–Kier alpha value is -1.65. The van der Waals surface area contributed by atoms with Gasteiger partial charge in [-0.05, 0) is 26.2 Å². The van der Waals surface area contributed by atoms with Gasteiger partial charge < -0.3 is 10.2 Å². The zero-order chi connectivity index (χ0) is 13.0. The molecule has 1 aliphatic heterocycles. The Morgan fingerprint density at radius 1 is 1.44 bits per heavy atom. The molecule has 0 spiro atoms. The Balaban J connectivity index is 2.08. The van der Waals surface area contributed by atoms with Gasteiger partial charge in [0.25, 0.3) is 5.91 Å². The van der Waals surface area contributed by atoms with Crippen molar-refractivity contribution < 1.29 is 4.79 Å². The number of carbonyl (C=O) groups is 1. The Morgan fingerprint density at radius 3 is 2.89 bits per heavy atom. The second kappa shape index (κ2) is 5.80. The molecule has 0 radical (unpaired) electrons. The van der Waals surface area contributed by atoms with Crippen LogP contribution in [0, 0.1) is 0 Å². The molecule has 0 saturated carbocycles. The van der Waals surface area contributed by atoms with Crippen LogP contribution >= 0.6 is 0 Å². The van der Waals surface area contributed by atoms with Crippen molar-refractivity contribution in [3.8, 4) is 0 Å². The fourth-order valence-corrected chi connectivity index (χ4v) is 2.39. The smallest absolute Gasteiger partial charge is 0.274 e. The Bertz CT molecular complexity index is 404. The summed E-state index contributed by atoms with van der Waals surface area (Å²) in [6.45, 7) is 5.76. The Kier molecular flexibility index (Phi) is 4.12. The van der Waals surface area contributed by atoms with Crippen molar-refractivity contribution in [1.82, 2.24) is 14.9 Å². The van der Waals surface area contributed by atoms with Gasteiger partial charge in [0.05, 0.1) is 12.4 Å². The number of anilines is 1. The first kappa shape index (κ1) is 12.8. The van der Waals surface area contributed by atoms with E-state index in [-0.39, 0.29) is 5.91 Å². The molecule has 18 heavy (non-hydrogen) atoms. The average molecular weight is 248 g/mol. The maximum atomic E-state index is 12.3. The van der Waals surface area contributed by atoms with E-state index in [4.69, 9.17) is 0 Å². The molecule has 5 heteroatoms. The van der Waals surface area contributed by atoms with Crippen LogP contribution in [0.3, 0.4) is 0 Å². The van der Waals surface area contributed by atoms with E-state index in [2.05, 4.69) is 22.2 Å². The Morgan fingerprint density at radius 2 is 2.28 bits per heavy atom. The molecular weight excluding hydrogens is 228 g/mol. The molecule has 1 fully saturated rings. The third kappa shape index (κ3) is 2.60. The van der Waals surface area contributed by atoms with E-state index >= 15 is 0 Å². The van der Waals surface area contributed by atoms with Crippen LogP contribution in [0.1, 0.15) is 43.6 Å². The van der Waals surface area contributed by atoms with Gasteiger partial charge in [-0.3, -0.25) is 4.79 Å². The first-order chi connectivity index (χ1) is 8.76. The number of hydrogen-bond donors (Lipinski definition) is 1. The molecule has 1 aliphatic rings. The summed E-state index contributed by atoms with van der Waals surface area (Å²) in [6, 6.07) is 0.368. The minimum atomic E-state index is 0.00917. The third-order valence-corrected chi connectivity index (χ3v) is 3.34. The minimum absolute atomic E-state index is 0.00917. The number of rotatable bonds is 4. The van der Waals surface area contributed by atoms with Crippen molar-refractivity contribution in [3.05, 3.63) is 18.1 Å². The van der Waals surface area contributed by atoms with Gasteiger partial charge in [-0.1, -0.05) is 6.92 Å². The highest BCUT2D eigenvalue weighted by atomic mass is 16.2. The fraction of sp³-hybridized carbons (Fsp3) is 0.615. The van der Waals surface area contributed by atoms with Crippen molar-refractivity contribution in [2.45, 2.75) is 39.2 Å². The first-order valence-corrected chi connectivity index (χ1v) is 6.63. The lowest BCUT2D eigenvalue weighted by Crippen LogP contribution is -2.35. The van der Waals surface area contributed by atoms with Crippen molar-refractivity contribution in [2.75, 3.05) is 18.4 Å². The van der Waals surface area contributed by atoms with Gasteiger partial charge in [-0.25, -0.2) is 9.97 Å². The molecule has 0 aliphatic carbocycles. The van der Waals surface area contributed by atoms with E-state index < -0.39 is 0 Å². The summed E-state index contributed by atoms with van der Waals surface area (Å²) in [5, 5.41) is 3.06. The van der Waals surface area contributed by atoms with E-state index in [1.54, 1.807) is 12.4 Å². The van der Waals surface area contributed by atoms with Crippen LogP contribution in [0.5, 0.6) is 0 Å². The van der Waals surface area contributed by atoms with E-state index in [9.17, 15) is 4.79 Å². The summed E-state index contributed by atoms with van der Waals surface area (Å²) in [4.78, 5) is 22.6.